The number of Topliss-reactive ketones (excluding diaryl/α,β-unsaturated/α-hetero) is 1. The highest BCUT2D eigenvalue weighted by molar-refractivity contribution is 5.98. The van der Waals surface area contributed by atoms with Gasteiger partial charge in [-0.2, -0.15) is 0 Å². The van der Waals surface area contributed by atoms with Crippen molar-refractivity contribution < 1.29 is 24.2 Å². The van der Waals surface area contributed by atoms with Gasteiger partial charge in [0, 0.05) is 17.5 Å². The van der Waals surface area contributed by atoms with Gasteiger partial charge in [-0.05, 0) is 23.6 Å². The summed E-state index contributed by atoms with van der Waals surface area (Å²) in [4.78, 5) is 56.1. The number of aliphatic hydroxyl groups is 1. The van der Waals surface area contributed by atoms with Gasteiger partial charge in [0.25, 0.3) is 5.56 Å². The van der Waals surface area contributed by atoms with Gasteiger partial charge in [0.1, 0.15) is 23.7 Å². The van der Waals surface area contributed by atoms with E-state index < -0.39 is 47.8 Å². The third kappa shape index (κ3) is 5.47. The average Bonchev–Trinajstić information content (AvgIpc) is 2.71. The number of carbonyl (C=O) groups excluding carboxylic acids is 1. The maximum Gasteiger partial charge on any atom is 0.327 e. The molecule has 0 saturated heterocycles. The van der Waals surface area contributed by atoms with Crippen molar-refractivity contribution in [2.45, 2.75) is 38.7 Å². The van der Waals surface area contributed by atoms with Crippen LogP contribution in [0.2, 0.25) is 0 Å². The van der Waals surface area contributed by atoms with Gasteiger partial charge in [-0.15, -0.1) is 0 Å². The number of hydrogen-bond donors (Lipinski definition) is 4. The number of nitrogens with one attached hydrogen (secondary N) is 2. The molecule has 2 aromatic heterocycles. The monoisotopic (exact) mass is 455 g/mol. The Morgan fingerprint density at radius 1 is 1.15 bits per heavy atom. The van der Waals surface area contributed by atoms with Crippen molar-refractivity contribution in [3.05, 3.63) is 68.3 Å². The predicted molar refractivity (Wildman–Crippen MR) is 119 cm³/mol. The van der Waals surface area contributed by atoms with Crippen LogP contribution in [0.3, 0.4) is 0 Å². The van der Waals surface area contributed by atoms with E-state index in [9.17, 15) is 28.7 Å². The lowest BCUT2D eigenvalue weighted by molar-refractivity contribution is -0.140. The first-order valence-electron chi connectivity index (χ1n) is 10.1. The molecule has 1 unspecified atom stereocenters. The summed E-state index contributed by atoms with van der Waals surface area (Å²) >= 11 is 0. The number of ketones is 1. The van der Waals surface area contributed by atoms with Crippen LogP contribution in [0.5, 0.6) is 0 Å². The second-order valence-electron chi connectivity index (χ2n) is 7.82. The van der Waals surface area contributed by atoms with Crippen LogP contribution in [0, 0.1) is 5.82 Å². The largest absolute Gasteiger partial charge is 0.481 e. The third-order valence-corrected chi connectivity index (χ3v) is 4.90. The van der Waals surface area contributed by atoms with Crippen molar-refractivity contribution in [1.82, 2.24) is 15.0 Å². The van der Waals surface area contributed by atoms with Crippen LogP contribution in [0.4, 0.5) is 4.39 Å². The number of carboxylic acid groups (broad SMARTS) is 1. The molecule has 0 spiro atoms. The number of aromatic nitrogens is 3. The summed E-state index contributed by atoms with van der Waals surface area (Å²) in [6.07, 6.45) is 0.414. The molecule has 3 aromatic rings. The minimum Gasteiger partial charge on any atom is -0.481 e. The number of fused-ring (bicyclic) bond motifs is 1. The van der Waals surface area contributed by atoms with Crippen LogP contribution in [0.15, 0.2) is 39.9 Å². The summed E-state index contributed by atoms with van der Waals surface area (Å²) in [6, 6.07) is 5.40. The Morgan fingerprint density at radius 3 is 2.42 bits per heavy atom. The zero-order valence-corrected chi connectivity index (χ0v) is 17.9. The summed E-state index contributed by atoms with van der Waals surface area (Å²) < 4.78 is 13.6. The highest BCUT2D eigenvalue weighted by Gasteiger charge is 2.21. The van der Waals surface area contributed by atoms with E-state index in [-0.39, 0.29) is 17.0 Å². The number of carboxylic acids is 1. The molecule has 0 amide bonds. The van der Waals surface area contributed by atoms with Crippen LogP contribution in [0.25, 0.3) is 28.2 Å². The third-order valence-electron chi connectivity index (χ3n) is 4.90. The zero-order valence-electron chi connectivity index (χ0n) is 17.9. The van der Waals surface area contributed by atoms with Crippen molar-refractivity contribution in [1.29, 1.82) is 0 Å². The number of hydrogen-bond acceptors (Lipinski definition) is 6. The number of benzene rings is 1. The van der Waals surface area contributed by atoms with E-state index in [1.165, 1.54) is 36.4 Å². The van der Waals surface area contributed by atoms with E-state index in [0.29, 0.717) is 22.4 Å². The average molecular weight is 455 g/mol. The molecule has 4 N–H and O–H groups in total. The van der Waals surface area contributed by atoms with Crippen molar-refractivity contribution >= 4 is 28.9 Å². The number of nitrogens with zero attached hydrogens (tertiary/aromatic N) is 1. The number of rotatable bonds is 8. The topological polar surface area (TPSA) is 153 Å². The van der Waals surface area contributed by atoms with Crippen LogP contribution >= 0.6 is 0 Å². The lowest BCUT2D eigenvalue weighted by atomic mass is 9.91. The molecule has 0 aliphatic carbocycles. The van der Waals surface area contributed by atoms with Gasteiger partial charge >= 0.3 is 11.7 Å². The second-order valence-corrected chi connectivity index (χ2v) is 7.82. The molecule has 1 aromatic carbocycles. The number of aliphatic hydroxyl groups excluding tert-OH is 1. The molecule has 10 heteroatoms. The minimum absolute atomic E-state index is 0.0566. The Labute approximate surface area is 186 Å². The molecule has 9 nitrogen and oxygen atoms in total. The Balaban J connectivity index is 2.25. The highest BCUT2D eigenvalue weighted by Crippen LogP contribution is 2.34. The highest BCUT2D eigenvalue weighted by atomic mass is 19.1. The molecule has 33 heavy (non-hydrogen) atoms. The quantitative estimate of drug-likeness (QED) is 0.380. The standard InChI is InChI=1S/C23H22FN3O6/c1-11(2)20-16(8-7-14(28)9-15(29)10-17(30)31)18(12-3-5-13(24)6-4-12)19-21(25-20)26-23(33)27-22(19)32/h3-8,11,14,28H,9-10H2,1-2H3,(H,30,31)(H2,25,26,27,32,33)/b8-7+. The summed E-state index contributed by atoms with van der Waals surface area (Å²) in [5, 5.41) is 19.0. The Hall–Kier alpha value is -3.92. The van der Waals surface area contributed by atoms with Crippen molar-refractivity contribution in [3.8, 4) is 11.1 Å². The van der Waals surface area contributed by atoms with Gasteiger partial charge in [-0.3, -0.25) is 24.4 Å². The SMILES string of the molecule is CC(C)c1nc2[nH]c(=O)[nH]c(=O)c2c(-c2ccc(F)cc2)c1/C=C/C(O)CC(=O)CC(=O)O. The first kappa shape index (κ1) is 23.7. The number of aliphatic carboxylic acids is 1. The lowest BCUT2D eigenvalue weighted by Gasteiger charge is -2.17. The molecule has 0 fully saturated rings. The van der Waals surface area contributed by atoms with E-state index in [4.69, 9.17) is 5.11 Å². The lowest BCUT2D eigenvalue weighted by Crippen LogP contribution is -2.24. The molecule has 0 aliphatic heterocycles. The van der Waals surface area contributed by atoms with E-state index in [0.717, 1.165) is 0 Å². The van der Waals surface area contributed by atoms with E-state index in [1.54, 1.807) is 0 Å². The van der Waals surface area contributed by atoms with E-state index in [2.05, 4.69) is 15.0 Å². The van der Waals surface area contributed by atoms with Crippen molar-refractivity contribution in [3.63, 3.8) is 0 Å². The number of aromatic amines is 2. The molecule has 0 aliphatic rings. The normalized spacial score (nSPS) is 12.5. The summed E-state index contributed by atoms with van der Waals surface area (Å²) in [7, 11) is 0. The Kier molecular flexibility index (Phi) is 6.98. The molecule has 172 valence electrons. The minimum atomic E-state index is -1.29. The molecule has 2 heterocycles. The van der Waals surface area contributed by atoms with Gasteiger partial charge in [0.15, 0.2) is 0 Å². The first-order valence-corrected chi connectivity index (χ1v) is 10.1. The second kappa shape index (κ2) is 9.70. The van der Waals surface area contributed by atoms with Crippen LogP contribution in [-0.2, 0) is 9.59 Å². The number of H-pyrrole nitrogens is 2. The molecule has 0 radical (unpaired) electrons. The Bertz CT molecular complexity index is 1360. The zero-order chi connectivity index (χ0) is 24.3. The molecule has 1 atom stereocenters. The van der Waals surface area contributed by atoms with Crippen LogP contribution < -0.4 is 11.2 Å². The molecular formula is C23H22FN3O6. The molecule has 3 rings (SSSR count). The molecule has 0 saturated carbocycles. The van der Waals surface area contributed by atoms with Crippen molar-refractivity contribution in [2.75, 3.05) is 0 Å². The predicted octanol–water partition coefficient (Wildman–Crippen LogP) is 2.35. The number of halogens is 1. The smallest absolute Gasteiger partial charge is 0.327 e. The summed E-state index contributed by atoms with van der Waals surface area (Å²) in [6.45, 7) is 3.69. The van der Waals surface area contributed by atoms with Gasteiger partial charge in [-0.25, -0.2) is 14.2 Å². The van der Waals surface area contributed by atoms with E-state index in [1.807, 2.05) is 13.8 Å². The summed E-state index contributed by atoms with van der Waals surface area (Å²) in [5.41, 5.74) is 0.398. The summed E-state index contributed by atoms with van der Waals surface area (Å²) in [5.74, 6) is -2.59. The molecular weight excluding hydrogens is 433 g/mol. The van der Waals surface area contributed by atoms with Crippen LogP contribution in [-0.4, -0.2) is 43.0 Å². The van der Waals surface area contributed by atoms with Gasteiger partial charge in [-0.1, -0.05) is 38.1 Å². The number of carbonyl (C=O) groups is 2. The molecule has 0 bridgehead atoms. The van der Waals surface area contributed by atoms with Crippen LogP contribution in [0.1, 0.15) is 43.9 Å². The Morgan fingerprint density at radius 2 is 1.82 bits per heavy atom. The fourth-order valence-electron chi connectivity index (χ4n) is 3.51. The van der Waals surface area contributed by atoms with Gasteiger partial charge in [0.05, 0.1) is 17.2 Å². The maximum absolute atomic E-state index is 13.6. The van der Waals surface area contributed by atoms with Gasteiger partial charge < -0.3 is 10.2 Å². The first-order chi connectivity index (χ1) is 15.6. The fraction of sp³-hybridized carbons (Fsp3) is 0.261. The fourth-order valence-corrected chi connectivity index (χ4v) is 3.51. The van der Waals surface area contributed by atoms with Gasteiger partial charge in [0.2, 0.25) is 0 Å². The van der Waals surface area contributed by atoms with E-state index >= 15 is 0 Å². The maximum atomic E-state index is 13.6. The van der Waals surface area contributed by atoms with Crippen molar-refractivity contribution in [2.24, 2.45) is 0 Å². The number of pyridine rings is 1.